The minimum absolute atomic E-state index is 0.446. The molecule has 0 aliphatic rings. The summed E-state index contributed by atoms with van der Waals surface area (Å²) in [5.41, 5.74) is 4.10. The van der Waals surface area contributed by atoms with Gasteiger partial charge in [0.15, 0.2) is 0 Å². The number of hydrogen-bond donors (Lipinski definition) is 1. The number of nitrogens with one attached hydrogen (secondary N) is 1. The van der Waals surface area contributed by atoms with Gasteiger partial charge in [-0.05, 0) is 47.9 Å². The van der Waals surface area contributed by atoms with Crippen molar-refractivity contribution in [1.29, 1.82) is 0 Å². The van der Waals surface area contributed by atoms with Gasteiger partial charge < -0.3 is 5.32 Å². The Morgan fingerprint density at radius 2 is 1.89 bits per heavy atom. The quantitative estimate of drug-likeness (QED) is 0.821. The van der Waals surface area contributed by atoms with Gasteiger partial charge in [-0.2, -0.15) is 0 Å². The lowest BCUT2D eigenvalue weighted by molar-refractivity contribution is 0.416. The molecule has 1 N–H and O–H groups in total. The van der Waals surface area contributed by atoms with Crippen LogP contribution in [0.5, 0.6) is 0 Å². The summed E-state index contributed by atoms with van der Waals surface area (Å²) in [5.74, 6) is 0.602. The first-order chi connectivity index (χ1) is 9.08. The lowest BCUT2D eigenvalue weighted by atomic mass is 10.0. The standard InChI is InChI=1S/C17H23NS/c1-12(2)17(16-6-5-9-19-16)18-11-15-8-7-13(3)14(4)10-15/h5-10,12,17-18H,11H2,1-4H3. The molecule has 1 nitrogen and oxygen atoms in total. The summed E-state index contributed by atoms with van der Waals surface area (Å²) in [7, 11) is 0. The molecule has 1 atom stereocenters. The molecule has 0 aliphatic heterocycles. The Kier molecular flexibility index (Phi) is 4.78. The second-order valence-electron chi connectivity index (χ2n) is 5.54. The predicted octanol–water partition coefficient (Wildman–Crippen LogP) is 4.85. The molecule has 0 bridgehead atoms. The van der Waals surface area contributed by atoms with E-state index in [9.17, 15) is 0 Å². The molecular formula is C17H23NS. The van der Waals surface area contributed by atoms with Gasteiger partial charge in [0.2, 0.25) is 0 Å². The SMILES string of the molecule is Cc1ccc(CNC(c2cccs2)C(C)C)cc1C. The van der Waals surface area contributed by atoms with E-state index in [0.717, 1.165) is 6.54 Å². The van der Waals surface area contributed by atoms with Crippen LogP contribution in [0.3, 0.4) is 0 Å². The zero-order valence-corrected chi connectivity index (χ0v) is 13.1. The molecule has 102 valence electrons. The van der Waals surface area contributed by atoms with Crippen LogP contribution < -0.4 is 5.32 Å². The van der Waals surface area contributed by atoms with Crippen LogP contribution in [0.1, 0.15) is 41.5 Å². The normalized spacial score (nSPS) is 12.9. The van der Waals surface area contributed by atoms with E-state index in [0.29, 0.717) is 12.0 Å². The first-order valence-corrected chi connectivity index (χ1v) is 7.79. The van der Waals surface area contributed by atoms with Gasteiger partial charge in [0.05, 0.1) is 0 Å². The van der Waals surface area contributed by atoms with Crippen LogP contribution in [0.25, 0.3) is 0 Å². The molecule has 0 radical (unpaired) electrons. The van der Waals surface area contributed by atoms with Crippen molar-refractivity contribution in [2.45, 2.75) is 40.3 Å². The fraction of sp³-hybridized carbons (Fsp3) is 0.412. The predicted molar refractivity (Wildman–Crippen MR) is 84.7 cm³/mol. The Morgan fingerprint density at radius 3 is 2.47 bits per heavy atom. The van der Waals surface area contributed by atoms with Gasteiger partial charge in [-0.3, -0.25) is 0 Å². The van der Waals surface area contributed by atoms with E-state index >= 15 is 0 Å². The lowest BCUT2D eigenvalue weighted by Gasteiger charge is -2.21. The summed E-state index contributed by atoms with van der Waals surface area (Å²) in [6.07, 6.45) is 0. The molecule has 19 heavy (non-hydrogen) atoms. The highest BCUT2D eigenvalue weighted by atomic mass is 32.1. The highest BCUT2D eigenvalue weighted by Crippen LogP contribution is 2.26. The van der Waals surface area contributed by atoms with Gasteiger partial charge in [0, 0.05) is 17.5 Å². The number of rotatable bonds is 5. The van der Waals surface area contributed by atoms with Crippen molar-refractivity contribution in [3.63, 3.8) is 0 Å². The average Bonchev–Trinajstić information content (AvgIpc) is 2.87. The van der Waals surface area contributed by atoms with E-state index in [4.69, 9.17) is 0 Å². The zero-order chi connectivity index (χ0) is 13.8. The first kappa shape index (κ1) is 14.3. The van der Waals surface area contributed by atoms with Crippen LogP contribution in [0.15, 0.2) is 35.7 Å². The maximum atomic E-state index is 3.69. The molecule has 0 amide bonds. The van der Waals surface area contributed by atoms with Crippen molar-refractivity contribution < 1.29 is 0 Å². The number of aryl methyl sites for hydroxylation is 2. The molecule has 2 heteroatoms. The highest BCUT2D eigenvalue weighted by Gasteiger charge is 2.15. The summed E-state index contributed by atoms with van der Waals surface area (Å²) >= 11 is 1.84. The summed E-state index contributed by atoms with van der Waals surface area (Å²) < 4.78 is 0. The molecule has 1 aromatic heterocycles. The summed E-state index contributed by atoms with van der Waals surface area (Å²) in [4.78, 5) is 1.43. The summed E-state index contributed by atoms with van der Waals surface area (Å²) in [5, 5.41) is 5.85. The van der Waals surface area contributed by atoms with Crippen LogP contribution in [-0.2, 0) is 6.54 Å². The molecular weight excluding hydrogens is 250 g/mol. The van der Waals surface area contributed by atoms with Gasteiger partial charge in [0.1, 0.15) is 0 Å². The zero-order valence-electron chi connectivity index (χ0n) is 12.2. The third-order valence-electron chi connectivity index (χ3n) is 3.61. The van der Waals surface area contributed by atoms with Crippen molar-refractivity contribution in [3.8, 4) is 0 Å². The third-order valence-corrected chi connectivity index (χ3v) is 4.57. The molecule has 1 aromatic carbocycles. The van der Waals surface area contributed by atoms with E-state index in [1.54, 1.807) is 0 Å². The number of benzene rings is 1. The highest BCUT2D eigenvalue weighted by molar-refractivity contribution is 7.10. The minimum atomic E-state index is 0.446. The largest absolute Gasteiger partial charge is 0.305 e. The smallest absolute Gasteiger partial charge is 0.0440 e. The fourth-order valence-corrected chi connectivity index (χ4v) is 3.25. The van der Waals surface area contributed by atoms with E-state index in [1.807, 2.05) is 11.3 Å². The topological polar surface area (TPSA) is 12.0 Å². The van der Waals surface area contributed by atoms with Crippen molar-refractivity contribution >= 4 is 11.3 Å². The van der Waals surface area contributed by atoms with E-state index in [2.05, 4.69) is 68.7 Å². The Labute approximate surface area is 120 Å². The third kappa shape index (κ3) is 3.68. The first-order valence-electron chi connectivity index (χ1n) is 6.91. The van der Waals surface area contributed by atoms with Crippen molar-refractivity contribution in [3.05, 3.63) is 57.3 Å². The van der Waals surface area contributed by atoms with Gasteiger partial charge in [-0.1, -0.05) is 38.1 Å². The monoisotopic (exact) mass is 273 g/mol. The van der Waals surface area contributed by atoms with Crippen LogP contribution >= 0.6 is 11.3 Å². The van der Waals surface area contributed by atoms with Gasteiger partial charge in [0.25, 0.3) is 0 Å². The van der Waals surface area contributed by atoms with Crippen LogP contribution in [0.2, 0.25) is 0 Å². The molecule has 2 aromatic rings. The molecule has 0 fully saturated rings. The van der Waals surface area contributed by atoms with Crippen LogP contribution in [-0.4, -0.2) is 0 Å². The van der Waals surface area contributed by atoms with E-state index in [-0.39, 0.29) is 0 Å². The number of thiophene rings is 1. The van der Waals surface area contributed by atoms with E-state index in [1.165, 1.54) is 21.6 Å². The van der Waals surface area contributed by atoms with Gasteiger partial charge >= 0.3 is 0 Å². The Balaban J connectivity index is 2.05. The Bertz CT molecular complexity index is 514. The van der Waals surface area contributed by atoms with E-state index < -0.39 is 0 Å². The van der Waals surface area contributed by atoms with Crippen LogP contribution in [0, 0.1) is 19.8 Å². The second-order valence-corrected chi connectivity index (χ2v) is 6.52. The molecule has 1 heterocycles. The van der Waals surface area contributed by atoms with Crippen LogP contribution in [0.4, 0.5) is 0 Å². The van der Waals surface area contributed by atoms with Gasteiger partial charge in [-0.25, -0.2) is 0 Å². The average molecular weight is 273 g/mol. The Morgan fingerprint density at radius 1 is 1.11 bits per heavy atom. The molecule has 0 saturated heterocycles. The lowest BCUT2D eigenvalue weighted by Crippen LogP contribution is -2.24. The molecule has 1 unspecified atom stereocenters. The molecule has 0 aliphatic carbocycles. The Hall–Kier alpha value is -1.12. The maximum absolute atomic E-state index is 3.69. The summed E-state index contributed by atoms with van der Waals surface area (Å²) in [6.45, 7) is 9.82. The molecule has 2 rings (SSSR count). The molecule has 0 saturated carbocycles. The fourth-order valence-electron chi connectivity index (χ4n) is 2.27. The molecule has 0 spiro atoms. The maximum Gasteiger partial charge on any atom is 0.0440 e. The van der Waals surface area contributed by atoms with Gasteiger partial charge in [-0.15, -0.1) is 11.3 Å². The minimum Gasteiger partial charge on any atom is -0.305 e. The van der Waals surface area contributed by atoms with Crippen molar-refractivity contribution in [1.82, 2.24) is 5.32 Å². The summed E-state index contributed by atoms with van der Waals surface area (Å²) in [6, 6.07) is 11.5. The van der Waals surface area contributed by atoms with Crippen molar-refractivity contribution in [2.24, 2.45) is 5.92 Å². The second kappa shape index (κ2) is 6.36. The number of hydrogen-bond acceptors (Lipinski definition) is 2. The van der Waals surface area contributed by atoms with Crippen molar-refractivity contribution in [2.75, 3.05) is 0 Å².